The fourth-order valence-corrected chi connectivity index (χ4v) is 4.14. The second-order valence-corrected chi connectivity index (χ2v) is 7.58. The van der Waals surface area contributed by atoms with Gasteiger partial charge in [-0.15, -0.1) is 24.0 Å². The third kappa shape index (κ3) is 5.46. The van der Waals surface area contributed by atoms with E-state index in [1.807, 2.05) is 7.05 Å². The van der Waals surface area contributed by atoms with Crippen molar-refractivity contribution in [2.45, 2.75) is 57.2 Å². The average molecular weight is 435 g/mol. The molecule has 2 aliphatic heterocycles. The van der Waals surface area contributed by atoms with Crippen molar-refractivity contribution in [1.82, 2.24) is 20.4 Å². The first kappa shape index (κ1) is 19.2. The molecule has 1 saturated carbocycles. The first-order valence-corrected chi connectivity index (χ1v) is 9.07. The minimum Gasteiger partial charge on any atom is -0.356 e. The molecule has 0 amide bonds. The molecule has 6 heteroatoms. The minimum absolute atomic E-state index is 0. The van der Waals surface area contributed by atoms with Crippen molar-refractivity contribution in [2.75, 3.05) is 40.3 Å². The maximum Gasteiger partial charge on any atom is 0.191 e. The molecule has 2 heterocycles. The molecule has 2 N–H and O–H groups in total. The van der Waals surface area contributed by atoms with Crippen LogP contribution in [0.4, 0.5) is 0 Å². The van der Waals surface area contributed by atoms with Gasteiger partial charge in [0.25, 0.3) is 0 Å². The van der Waals surface area contributed by atoms with Gasteiger partial charge in [0, 0.05) is 44.8 Å². The van der Waals surface area contributed by atoms with Crippen LogP contribution in [0.15, 0.2) is 4.99 Å². The summed E-state index contributed by atoms with van der Waals surface area (Å²) in [5.41, 5.74) is 0. The Balaban J connectivity index is 0.00000192. The SMILES string of the molecule is CN=C(NCC1CCCN(C)C1)NC1CC(C)N(C2CC2)C1.I. The Morgan fingerprint density at radius 3 is 2.65 bits per heavy atom. The van der Waals surface area contributed by atoms with Crippen LogP contribution < -0.4 is 10.6 Å². The number of rotatable bonds is 4. The predicted molar refractivity (Wildman–Crippen MR) is 108 cm³/mol. The molecule has 0 spiro atoms. The Kier molecular flexibility index (Phi) is 7.41. The molecule has 2 saturated heterocycles. The van der Waals surface area contributed by atoms with Crippen molar-refractivity contribution in [3.63, 3.8) is 0 Å². The third-order valence-electron chi connectivity index (χ3n) is 5.48. The van der Waals surface area contributed by atoms with Crippen LogP contribution in [0.2, 0.25) is 0 Å². The molecule has 3 fully saturated rings. The monoisotopic (exact) mass is 435 g/mol. The Morgan fingerprint density at radius 2 is 2.00 bits per heavy atom. The molecule has 3 aliphatic rings. The summed E-state index contributed by atoms with van der Waals surface area (Å²) in [7, 11) is 4.12. The molecule has 3 unspecified atom stereocenters. The predicted octanol–water partition coefficient (Wildman–Crippen LogP) is 1.74. The first-order valence-electron chi connectivity index (χ1n) is 9.07. The van der Waals surface area contributed by atoms with Crippen LogP contribution in [-0.4, -0.2) is 74.2 Å². The largest absolute Gasteiger partial charge is 0.356 e. The second-order valence-electron chi connectivity index (χ2n) is 7.58. The number of nitrogens with one attached hydrogen (secondary N) is 2. The molecule has 5 nitrogen and oxygen atoms in total. The van der Waals surface area contributed by atoms with Crippen molar-refractivity contribution in [3.8, 4) is 0 Å². The molecule has 23 heavy (non-hydrogen) atoms. The molecule has 134 valence electrons. The molecule has 0 aromatic heterocycles. The van der Waals surface area contributed by atoms with Gasteiger partial charge in [0.2, 0.25) is 0 Å². The van der Waals surface area contributed by atoms with Gasteiger partial charge in [-0.3, -0.25) is 9.89 Å². The highest BCUT2D eigenvalue weighted by atomic mass is 127. The molecule has 1 aliphatic carbocycles. The lowest BCUT2D eigenvalue weighted by atomic mass is 9.98. The fraction of sp³-hybridized carbons (Fsp3) is 0.941. The van der Waals surface area contributed by atoms with E-state index in [0.717, 1.165) is 30.5 Å². The lowest BCUT2D eigenvalue weighted by molar-refractivity contribution is 0.210. The van der Waals surface area contributed by atoms with E-state index < -0.39 is 0 Å². The van der Waals surface area contributed by atoms with Gasteiger partial charge in [0.15, 0.2) is 5.96 Å². The van der Waals surface area contributed by atoms with Gasteiger partial charge in [0.1, 0.15) is 0 Å². The smallest absolute Gasteiger partial charge is 0.191 e. The number of hydrogen-bond acceptors (Lipinski definition) is 3. The zero-order valence-corrected chi connectivity index (χ0v) is 17.3. The molecule has 0 aromatic rings. The van der Waals surface area contributed by atoms with Crippen molar-refractivity contribution >= 4 is 29.9 Å². The standard InChI is InChI=1S/C17H33N5.HI/c1-13-9-15(12-22(13)16-6-7-16)20-17(18-2)19-10-14-5-4-8-21(3)11-14;/h13-16H,4-12H2,1-3H3,(H2,18,19,20);1H. The molecular weight excluding hydrogens is 401 g/mol. The zero-order valence-electron chi connectivity index (χ0n) is 14.9. The maximum atomic E-state index is 4.43. The van der Waals surface area contributed by atoms with Gasteiger partial charge in [-0.05, 0) is 58.5 Å². The van der Waals surface area contributed by atoms with Crippen molar-refractivity contribution < 1.29 is 0 Å². The normalized spacial score (nSPS) is 33.3. The zero-order chi connectivity index (χ0) is 15.5. The van der Waals surface area contributed by atoms with Crippen LogP contribution in [0.5, 0.6) is 0 Å². The number of guanidine groups is 1. The van der Waals surface area contributed by atoms with Crippen LogP contribution >= 0.6 is 24.0 Å². The summed E-state index contributed by atoms with van der Waals surface area (Å²) < 4.78 is 0. The fourth-order valence-electron chi connectivity index (χ4n) is 4.14. The van der Waals surface area contributed by atoms with Gasteiger partial charge in [-0.25, -0.2) is 0 Å². The van der Waals surface area contributed by atoms with E-state index in [0.29, 0.717) is 6.04 Å². The Morgan fingerprint density at radius 1 is 1.22 bits per heavy atom. The summed E-state index contributed by atoms with van der Waals surface area (Å²) in [6.45, 7) is 7.05. The van der Waals surface area contributed by atoms with E-state index in [4.69, 9.17) is 0 Å². The summed E-state index contributed by atoms with van der Waals surface area (Å²) in [6, 6.07) is 2.14. The maximum absolute atomic E-state index is 4.43. The van der Waals surface area contributed by atoms with Gasteiger partial charge in [-0.1, -0.05) is 0 Å². The van der Waals surface area contributed by atoms with E-state index >= 15 is 0 Å². The van der Waals surface area contributed by atoms with Crippen LogP contribution in [0, 0.1) is 5.92 Å². The van der Waals surface area contributed by atoms with E-state index in [2.05, 4.69) is 39.4 Å². The second kappa shape index (κ2) is 8.85. The van der Waals surface area contributed by atoms with E-state index in [-0.39, 0.29) is 24.0 Å². The van der Waals surface area contributed by atoms with Gasteiger partial charge < -0.3 is 15.5 Å². The van der Waals surface area contributed by atoms with Gasteiger partial charge >= 0.3 is 0 Å². The highest BCUT2D eigenvalue weighted by molar-refractivity contribution is 14.0. The molecule has 3 atom stereocenters. The lowest BCUT2D eigenvalue weighted by Crippen LogP contribution is -2.47. The summed E-state index contributed by atoms with van der Waals surface area (Å²) >= 11 is 0. The number of piperidine rings is 1. The third-order valence-corrected chi connectivity index (χ3v) is 5.48. The number of aliphatic imine (C=N–C) groups is 1. The van der Waals surface area contributed by atoms with Crippen molar-refractivity contribution in [3.05, 3.63) is 0 Å². The molecule has 0 bridgehead atoms. The number of likely N-dealkylation sites (tertiary alicyclic amines) is 2. The number of nitrogens with zero attached hydrogens (tertiary/aromatic N) is 3. The highest BCUT2D eigenvalue weighted by Gasteiger charge is 2.38. The quantitative estimate of drug-likeness (QED) is 0.401. The molecular formula is C17H34IN5. The minimum atomic E-state index is 0. The van der Waals surface area contributed by atoms with Gasteiger partial charge in [-0.2, -0.15) is 0 Å². The van der Waals surface area contributed by atoms with E-state index in [9.17, 15) is 0 Å². The Bertz CT molecular complexity index is 398. The van der Waals surface area contributed by atoms with Crippen LogP contribution in [0.1, 0.15) is 39.0 Å². The van der Waals surface area contributed by atoms with Gasteiger partial charge in [0.05, 0.1) is 0 Å². The number of hydrogen-bond donors (Lipinski definition) is 2. The van der Waals surface area contributed by atoms with E-state index in [1.165, 1.54) is 51.7 Å². The van der Waals surface area contributed by atoms with E-state index in [1.54, 1.807) is 0 Å². The highest BCUT2D eigenvalue weighted by Crippen LogP contribution is 2.33. The summed E-state index contributed by atoms with van der Waals surface area (Å²) in [5.74, 6) is 1.74. The lowest BCUT2D eigenvalue weighted by Gasteiger charge is -2.30. The summed E-state index contributed by atoms with van der Waals surface area (Å²) in [4.78, 5) is 9.55. The van der Waals surface area contributed by atoms with Crippen molar-refractivity contribution in [1.29, 1.82) is 0 Å². The average Bonchev–Trinajstić information content (AvgIpc) is 3.27. The Hall–Kier alpha value is -0.0800. The molecule has 0 radical (unpaired) electrons. The van der Waals surface area contributed by atoms with Crippen LogP contribution in [-0.2, 0) is 0 Å². The Labute approximate surface area is 158 Å². The topological polar surface area (TPSA) is 42.9 Å². The van der Waals surface area contributed by atoms with Crippen LogP contribution in [0.25, 0.3) is 0 Å². The summed E-state index contributed by atoms with van der Waals surface area (Å²) in [5, 5.41) is 7.20. The first-order chi connectivity index (χ1) is 10.7. The number of halogens is 1. The van der Waals surface area contributed by atoms with Crippen LogP contribution in [0.3, 0.4) is 0 Å². The molecule has 3 rings (SSSR count). The summed E-state index contributed by atoms with van der Waals surface area (Å²) in [6.07, 6.45) is 6.71. The molecule has 0 aromatic carbocycles. The van der Waals surface area contributed by atoms with Crippen molar-refractivity contribution in [2.24, 2.45) is 10.9 Å².